The van der Waals surface area contributed by atoms with Crippen LogP contribution in [0.15, 0.2) is 0 Å². The van der Waals surface area contributed by atoms with E-state index in [1.54, 1.807) is 0 Å². The first kappa shape index (κ1) is 14.7. The van der Waals surface area contributed by atoms with Gasteiger partial charge in [0.1, 0.15) is 0 Å². The summed E-state index contributed by atoms with van der Waals surface area (Å²) >= 11 is 0. The van der Waals surface area contributed by atoms with Crippen LogP contribution in [-0.4, -0.2) is 31.0 Å². The number of halogens is 3. The van der Waals surface area contributed by atoms with Crippen LogP contribution < -0.4 is 5.32 Å². The van der Waals surface area contributed by atoms with E-state index in [-0.39, 0.29) is 18.6 Å². The average Bonchev–Trinajstić information content (AvgIpc) is 2.18. The third kappa shape index (κ3) is 5.99. The van der Waals surface area contributed by atoms with E-state index in [2.05, 4.69) is 5.32 Å². The summed E-state index contributed by atoms with van der Waals surface area (Å²) in [6.07, 6.45) is -3.40. The molecule has 0 atom stereocenters. The summed E-state index contributed by atoms with van der Waals surface area (Å²) in [5, 5.41) is 11.9. The highest BCUT2D eigenvalue weighted by atomic mass is 19.4. The summed E-state index contributed by atoms with van der Waals surface area (Å²) in [4.78, 5) is 0. The molecule has 0 bridgehead atoms. The van der Waals surface area contributed by atoms with Crippen LogP contribution in [0.1, 0.15) is 33.1 Å². The molecule has 0 aliphatic heterocycles. The van der Waals surface area contributed by atoms with Gasteiger partial charge < -0.3 is 10.4 Å². The molecule has 15 heavy (non-hydrogen) atoms. The molecule has 0 aromatic heterocycles. The lowest BCUT2D eigenvalue weighted by Gasteiger charge is -2.29. The Hall–Kier alpha value is -0.290. The van der Waals surface area contributed by atoms with Gasteiger partial charge in [0, 0.05) is 25.1 Å². The predicted octanol–water partition coefficient (Wildman–Crippen LogP) is 2.33. The summed E-state index contributed by atoms with van der Waals surface area (Å²) in [5.74, 6) is 0. The Bertz CT molecular complexity index is 158. The topological polar surface area (TPSA) is 32.3 Å². The monoisotopic (exact) mass is 227 g/mol. The number of rotatable bonds is 7. The Kier molecular flexibility index (Phi) is 6.20. The number of alkyl halides is 3. The van der Waals surface area contributed by atoms with Gasteiger partial charge in [-0.3, -0.25) is 0 Å². The average molecular weight is 227 g/mol. The van der Waals surface area contributed by atoms with Crippen molar-refractivity contribution in [2.75, 3.05) is 19.7 Å². The maximum absolute atomic E-state index is 11.8. The Morgan fingerprint density at radius 3 is 2.00 bits per heavy atom. The maximum atomic E-state index is 11.8. The van der Waals surface area contributed by atoms with Gasteiger partial charge in [-0.15, -0.1) is 0 Å². The van der Waals surface area contributed by atoms with Crippen LogP contribution in [0.4, 0.5) is 13.2 Å². The normalized spacial score (nSPS) is 13.2. The minimum Gasteiger partial charge on any atom is -0.396 e. The van der Waals surface area contributed by atoms with Crippen molar-refractivity contribution in [2.45, 2.75) is 39.3 Å². The number of hydrogen-bond acceptors (Lipinski definition) is 2. The number of aliphatic hydroxyl groups is 1. The van der Waals surface area contributed by atoms with Crippen LogP contribution in [0.3, 0.4) is 0 Å². The summed E-state index contributed by atoms with van der Waals surface area (Å²) in [6.45, 7) is 4.24. The van der Waals surface area contributed by atoms with Gasteiger partial charge in [0.25, 0.3) is 0 Å². The second kappa shape index (κ2) is 6.33. The van der Waals surface area contributed by atoms with E-state index in [1.165, 1.54) is 0 Å². The first-order valence-electron chi connectivity index (χ1n) is 5.27. The molecule has 0 aliphatic rings. The molecular formula is C10H20F3NO. The van der Waals surface area contributed by atoms with Crippen molar-refractivity contribution in [3.8, 4) is 0 Å². The van der Waals surface area contributed by atoms with E-state index in [0.29, 0.717) is 6.54 Å². The zero-order valence-corrected chi connectivity index (χ0v) is 9.32. The van der Waals surface area contributed by atoms with Crippen molar-refractivity contribution < 1.29 is 18.3 Å². The molecule has 0 aromatic carbocycles. The molecule has 0 fully saturated rings. The third-order valence-corrected chi connectivity index (χ3v) is 2.92. The Morgan fingerprint density at radius 1 is 1.13 bits per heavy atom. The first-order chi connectivity index (χ1) is 6.89. The quantitative estimate of drug-likeness (QED) is 0.654. The summed E-state index contributed by atoms with van der Waals surface area (Å²) in [6, 6.07) is 0. The Labute approximate surface area is 88.9 Å². The van der Waals surface area contributed by atoms with Crippen LogP contribution in [0.5, 0.6) is 0 Å². The molecule has 2 N–H and O–H groups in total. The molecule has 0 aliphatic carbocycles. The highest BCUT2D eigenvalue weighted by molar-refractivity contribution is 4.78. The van der Waals surface area contributed by atoms with Gasteiger partial charge in [-0.1, -0.05) is 13.8 Å². The van der Waals surface area contributed by atoms with Gasteiger partial charge >= 0.3 is 6.18 Å². The van der Waals surface area contributed by atoms with Crippen molar-refractivity contribution in [3.05, 3.63) is 0 Å². The molecule has 0 spiro atoms. The minimum absolute atomic E-state index is 0.0129. The van der Waals surface area contributed by atoms with Gasteiger partial charge in [0.15, 0.2) is 0 Å². The van der Waals surface area contributed by atoms with Gasteiger partial charge in [0.05, 0.1) is 6.42 Å². The second-order valence-corrected chi connectivity index (χ2v) is 3.91. The van der Waals surface area contributed by atoms with Crippen molar-refractivity contribution in [3.63, 3.8) is 0 Å². The molecular weight excluding hydrogens is 207 g/mol. The minimum atomic E-state index is -4.10. The smallest absolute Gasteiger partial charge is 0.390 e. The fourth-order valence-electron chi connectivity index (χ4n) is 1.36. The molecule has 0 saturated heterocycles. The zero-order chi connectivity index (χ0) is 11.9. The highest BCUT2D eigenvalue weighted by Crippen LogP contribution is 2.24. The Morgan fingerprint density at radius 2 is 1.67 bits per heavy atom. The fraction of sp³-hybridized carbons (Fsp3) is 1.00. The van der Waals surface area contributed by atoms with Crippen LogP contribution in [0.2, 0.25) is 0 Å². The number of hydrogen-bond donors (Lipinski definition) is 2. The second-order valence-electron chi connectivity index (χ2n) is 3.91. The molecule has 2 nitrogen and oxygen atoms in total. The van der Waals surface area contributed by atoms with E-state index >= 15 is 0 Å². The SMILES string of the molecule is CCC(CC)(CO)CNCCC(F)(F)F. The first-order valence-corrected chi connectivity index (χ1v) is 5.27. The molecule has 0 amide bonds. The largest absolute Gasteiger partial charge is 0.396 e. The van der Waals surface area contributed by atoms with E-state index in [4.69, 9.17) is 0 Å². The van der Waals surface area contributed by atoms with E-state index in [9.17, 15) is 18.3 Å². The molecule has 0 heterocycles. The lowest BCUT2D eigenvalue weighted by Crippen LogP contribution is -2.37. The van der Waals surface area contributed by atoms with Crippen molar-refractivity contribution in [1.29, 1.82) is 0 Å². The van der Waals surface area contributed by atoms with Crippen molar-refractivity contribution in [2.24, 2.45) is 5.41 Å². The van der Waals surface area contributed by atoms with E-state index < -0.39 is 12.6 Å². The molecule has 0 saturated carbocycles. The molecule has 5 heteroatoms. The van der Waals surface area contributed by atoms with E-state index in [1.807, 2.05) is 13.8 Å². The molecule has 0 rings (SSSR count). The highest BCUT2D eigenvalue weighted by Gasteiger charge is 2.28. The summed E-state index contributed by atoms with van der Waals surface area (Å²) in [7, 11) is 0. The van der Waals surface area contributed by atoms with Crippen LogP contribution in [0.25, 0.3) is 0 Å². The maximum Gasteiger partial charge on any atom is 0.390 e. The lowest BCUT2D eigenvalue weighted by atomic mass is 9.83. The predicted molar refractivity (Wildman–Crippen MR) is 53.6 cm³/mol. The number of nitrogens with one attached hydrogen (secondary N) is 1. The van der Waals surface area contributed by atoms with Crippen LogP contribution >= 0.6 is 0 Å². The fourth-order valence-corrected chi connectivity index (χ4v) is 1.36. The molecule has 0 radical (unpaired) electrons. The van der Waals surface area contributed by atoms with Gasteiger partial charge in [0.2, 0.25) is 0 Å². The molecule has 0 aromatic rings. The van der Waals surface area contributed by atoms with Crippen LogP contribution in [0, 0.1) is 5.41 Å². The molecule has 0 unspecified atom stereocenters. The zero-order valence-electron chi connectivity index (χ0n) is 9.32. The standard InChI is InChI=1S/C10H20F3NO/c1-3-9(4-2,8-15)7-14-6-5-10(11,12)13/h14-15H,3-8H2,1-2H3. The summed E-state index contributed by atoms with van der Waals surface area (Å²) < 4.78 is 35.5. The van der Waals surface area contributed by atoms with Crippen LogP contribution in [-0.2, 0) is 0 Å². The van der Waals surface area contributed by atoms with Gasteiger partial charge in [-0.2, -0.15) is 13.2 Å². The van der Waals surface area contributed by atoms with Crippen molar-refractivity contribution >= 4 is 0 Å². The lowest BCUT2D eigenvalue weighted by molar-refractivity contribution is -0.133. The van der Waals surface area contributed by atoms with Gasteiger partial charge in [-0.25, -0.2) is 0 Å². The summed E-state index contributed by atoms with van der Waals surface area (Å²) in [5.41, 5.74) is -0.272. The van der Waals surface area contributed by atoms with Gasteiger partial charge in [-0.05, 0) is 12.8 Å². The molecule has 92 valence electrons. The third-order valence-electron chi connectivity index (χ3n) is 2.92. The van der Waals surface area contributed by atoms with E-state index in [0.717, 1.165) is 12.8 Å². The van der Waals surface area contributed by atoms with Crippen molar-refractivity contribution in [1.82, 2.24) is 5.32 Å². The number of aliphatic hydroxyl groups excluding tert-OH is 1. The Balaban J connectivity index is 3.82.